The third-order valence-corrected chi connectivity index (χ3v) is 3.89. The second kappa shape index (κ2) is 5.72. The molecule has 1 unspecified atom stereocenters. The van der Waals surface area contributed by atoms with E-state index in [1.165, 1.54) is 16.8 Å². The molecule has 1 heterocycles. The van der Waals surface area contributed by atoms with Gasteiger partial charge in [0.1, 0.15) is 0 Å². The predicted molar refractivity (Wildman–Crippen MR) is 78.5 cm³/mol. The Kier molecular flexibility index (Phi) is 4.25. The summed E-state index contributed by atoms with van der Waals surface area (Å²) in [5, 5.41) is 3.48. The largest absolute Gasteiger partial charge is 0.373 e. The van der Waals surface area contributed by atoms with Crippen LogP contribution in [-0.4, -0.2) is 51.2 Å². The van der Waals surface area contributed by atoms with Crippen molar-refractivity contribution < 1.29 is 0 Å². The number of benzene rings is 1. The van der Waals surface area contributed by atoms with Gasteiger partial charge in [0, 0.05) is 45.0 Å². The predicted octanol–water partition coefficient (Wildman–Crippen LogP) is 1.64. The fraction of sp³-hybridized carbons (Fsp3) is 0.600. The lowest BCUT2D eigenvalue weighted by Gasteiger charge is -2.36. The van der Waals surface area contributed by atoms with E-state index in [1.54, 1.807) is 0 Å². The third kappa shape index (κ3) is 3.03. The first-order valence-electron chi connectivity index (χ1n) is 6.77. The van der Waals surface area contributed by atoms with Crippen molar-refractivity contribution in [3.8, 4) is 0 Å². The summed E-state index contributed by atoms with van der Waals surface area (Å²) in [4.78, 5) is 4.83. The Morgan fingerprint density at radius 2 is 2.17 bits per heavy atom. The van der Waals surface area contributed by atoms with Gasteiger partial charge in [0.05, 0.1) is 0 Å². The minimum atomic E-state index is 0.601. The topological polar surface area (TPSA) is 18.5 Å². The Morgan fingerprint density at radius 1 is 1.39 bits per heavy atom. The van der Waals surface area contributed by atoms with Gasteiger partial charge in [-0.05, 0) is 32.5 Å². The Morgan fingerprint density at radius 3 is 2.83 bits per heavy atom. The van der Waals surface area contributed by atoms with Gasteiger partial charge in [0.25, 0.3) is 0 Å². The maximum absolute atomic E-state index is 3.48. The fourth-order valence-electron chi connectivity index (χ4n) is 2.71. The molecule has 0 radical (unpaired) electrons. The Hall–Kier alpha value is -1.06. The van der Waals surface area contributed by atoms with Crippen molar-refractivity contribution in [3.63, 3.8) is 0 Å². The van der Waals surface area contributed by atoms with Crippen molar-refractivity contribution in [3.05, 3.63) is 29.3 Å². The highest BCUT2D eigenvalue weighted by atomic mass is 15.2. The number of hydrogen-bond acceptors (Lipinski definition) is 3. The van der Waals surface area contributed by atoms with Crippen molar-refractivity contribution >= 4 is 5.69 Å². The maximum atomic E-state index is 3.48. The van der Waals surface area contributed by atoms with E-state index in [0.717, 1.165) is 26.2 Å². The van der Waals surface area contributed by atoms with Crippen molar-refractivity contribution in [1.82, 2.24) is 10.2 Å². The zero-order valence-electron chi connectivity index (χ0n) is 12.0. The molecule has 2 rings (SSSR count). The van der Waals surface area contributed by atoms with E-state index in [-0.39, 0.29) is 0 Å². The standard InChI is InChI=1S/C15H25N3/c1-12-5-6-15(13(2)9-12)18(4)11-14-10-16-7-8-17(14)3/h5-6,9,14,16H,7-8,10-11H2,1-4H3. The average molecular weight is 247 g/mol. The van der Waals surface area contributed by atoms with E-state index in [1.807, 2.05) is 0 Å². The average Bonchev–Trinajstić information content (AvgIpc) is 2.32. The molecular weight excluding hydrogens is 222 g/mol. The number of nitrogens with zero attached hydrogens (tertiary/aromatic N) is 2. The molecule has 3 heteroatoms. The molecule has 0 saturated carbocycles. The van der Waals surface area contributed by atoms with E-state index in [2.05, 4.69) is 61.3 Å². The van der Waals surface area contributed by atoms with Crippen LogP contribution in [0.5, 0.6) is 0 Å². The number of nitrogens with one attached hydrogen (secondary N) is 1. The van der Waals surface area contributed by atoms with Crippen LogP contribution in [0.25, 0.3) is 0 Å². The summed E-state index contributed by atoms with van der Waals surface area (Å²) in [5.74, 6) is 0. The first-order valence-corrected chi connectivity index (χ1v) is 6.77. The van der Waals surface area contributed by atoms with Crippen LogP contribution in [0.15, 0.2) is 18.2 Å². The van der Waals surface area contributed by atoms with Crippen LogP contribution in [0, 0.1) is 13.8 Å². The van der Waals surface area contributed by atoms with Crippen molar-refractivity contribution in [2.75, 3.05) is 45.2 Å². The zero-order chi connectivity index (χ0) is 13.1. The summed E-state index contributed by atoms with van der Waals surface area (Å²) in [5.41, 5.74) is 4.05. The van der Waals surface area contributed by atoms with E-state index >= 15 is 0 Å². The number of rotatable bonds is 3. The van der Waals surface area contributed by atoms with E-state index < -0.39 is 0 Å². The molecule has 18 heavy (non-hydrogen) atoms. The first kappa shape index (κ1) is 13.4. The summed E-state index contributed by atoms with van der Waals surface area (Å²) < 4.78 is 0. The van der Waals surface area contributed by atoms with Crippen LogP contribution in [0.1, 0.15) is 11.1 Å². The van der Waals surface area contributed by atoms with Crippen molar-refractivity contribution in [2.24, 2.45) is 0 Å². The van der Waals surface area contributed by atoms with Crippen LogP contribution in [-0.2, 0) is 0 Å². The quantitative estimate of drug-likeness (QED) is 0.876. The molecule has 1 N–H and O–H groups in total. The molecule has 0 spiro atoms. The number of aryl methyl sites for hydroxylation is 2. The highest BCUT2D eigenvalue weighted by molar-refractivity contribution is 5.53. The van der Waals surface area contributed by atoms with E-state index in [9.17, 15) is 0 Å². The highest BCUT2D eigenvalue weighted by Gasteiger charge is 2.20. The van der Waals surface area contributed by atoms with Crippen molar-refractivity contribution in [2.45, 2.75) is 19.9 Å². The summed E-state index contributed by atoms with van der Waals surface area (Å²) in [6.45, 7) is 8.77. The number of likely N-dealkylation sites (N-methyl/N-ethyl adjacent to an activating group) is 2. The monoisotopic (exact) mass is 247 g/mol. The normalized spacial score (nSPS) is 21.0. The Labute approximate surface area is 111 Å². The lowest BCUT2D eigenvalue weighted by Crippen LogP contribution is -2.53. The minimum Gasteiger partial charge on any atom is -0.373 e. The summed E-state index contributed by atoms with van der Waals surface area (Å²) in [7, 11) is 4.42. The molecule has 1 aliphatic heterocycles. The van der Waals surface area contributed by atoms with Gasteiger partial charge in [0.2, 0.25) is 0 Å². The molecule has 100 valence electrons. The molecule has 0 aliphatic carbocycles. The molecule has 0 amide bonds. The van der Waals surface area contributed by atoms with Crippen LogP contribution in [0.4, 0.5) is 5.69 Å². The van der Waals surface area contributed by atoms with Gasteiger partial charge in [-0.15, -0.1) is 0 Å². The fourth-order valence-corrected chi connectivity index (χ4v) is 2.71. The molecule has 1 fully saturated rings. The third-order valence-electron chi connectivity index (χ3n) is 3.89. The molecule has 1 saturated heterocycles. The smallest absolute Gasteiger partial charge is 0.0394 e. The molecular formula is C15H25N3. The highest BCUT2D eigenvalue weighted by Crippen LogP contribution is 2.20. The van der Waals surface area contributed by atoms with Gasteiger partial charge >= 0.3 is 0 Å². The maximum Gasteiger partial charge on any atom is 0.0394 e. The second-order valence-corrected chi connectivity index (χ2v) is 5.51. The second-order valence-electron chi connectivity index (χ2n) is 5.51. The van der Waals surface area contributed by atoms with Crippen molar-refractivity contribution in [1.29, 1.82) is 0 Å². The first-order chi connectivity index (χ1) is 8.58. The number of hydrogen-bond donors (Lipinski definition) is 1. The molecule has 0 bridgehead atoms. The summed E-state index contributed by atoms with van der Waals surface area (Å²) in [6, 6.07) is 7.29. The molecule has 1 aromatic carbocycles. The molecule has 1 aliphatic rings. The summed E-state index contributed by atoms with van der Waals surface area (Å²) >= 11 is 0. The Balaban J connectivity index is 2.04. The van der Waals surface area contributed by atoms with Gasteiger partial charge in [-0.2, -0.15) is 0 Å². The molecule has 1 aromatic rings. The Bertz CT molecular complexity index is 403. The lowest BCUT2D eigenvalue weighted by molar-refractivity contribution is 0.204. The molecule has 0 aromatic heterocycles. The molecule has 3 nitrogen and oxygen atoms in total. The van der Waals surface area contributed by atoms with Gasteiger partial charge in [-0.1, -0.05) is 17.7 Å². The summed E-state index contributed by atoms with van der Waals surface area (Å²) in [6.07, 6.45) is 0. The van der Waals surface area contributed by atoms with Crippen LogP contribution in [0.2, 0.25) is 0 Å². The van der Waals surface area contributed by atoms with Crippen LogP contribution >= 0.6 is 0 Å². The van der Waals surface area contributed by atoms with E-state index in [4.69, 9.17) is 0 Å². The number of piperazine rings is 1. The molecule has 1 atom stereocenters. The zero-order valence-corrected chi connectivity index (χ0v) is 12.0. The minimum absolute atomic E-state index is 0.601. The SMILES string of the molecule is Cc1ccc(N(C)CC2CNCCN2C)c(C)c1. The van der Waals surface area contributed by atoms with Gasteiger partial charge in [-0.25, -0.2) is 0 Å². The van der Waals surface area contributed by atoms with Crippen LogP contribution in [0.3, 0.4) is 0 Å². The number of anilines is 1. The van der Waals surface area contributed by atoms with Gasteiger partial charge in [0.15, 0.2) is 0 Å². The van der Waals surface area contributed by atoms with Gasteiger partial charge < -0.3 is 10.2 Å². The van der Waals surface area contributed by atoms with Crippen LogP contribution < -0.4 is 10.2 Å². The van der Waals surface area contributed by atoms with E-state index in [0.29, 0.717) is 6.04 Å². The van der Waals surface area contributed by atoms with Gasteiger partial charge in [-0.3, -0.25) is 4.90 Å². The lowest BCUT2D eigenvalue weighted by atomic mass is 10.1.